The number of H-pyrrole nitrogens is 1. The van der Waals surface area contributed by atoms with Gasteiger partial charge in [0.05, 0.1) is 7.11 Å². The van der Waals surface area contributed by atoms with Gasteiger partial charge in [-0.2, -0.15) is 0 Å². The first-order valence-corrected chi connectivity index (χ1v) is 7.40. The van der Waals surface area contributed by atoms with Crippen LogP contribution in [-0.4, -0.2) is 17.9 Å². The molecule has 0 fully saturated rings. The number of benzene rings is 2. The molecule has 0 spiro atoms. The lowest BCUT2D eigenvalue weighted by atomic mass is 10.0. The van der Waals surface area contributed by atoms with Crippen LogP contribution in [0.4, 0.5) is 0 Å². The summed E-state index contributed by atoms with van der Waals surface area (Å²) in [6, 6.07) is 13.4. The number of Topliss-reactive ketones (excluding diaryl/α,β-unsaturated/α-hetero) is 1. The van der Waals surface area contributed by atoms with Gasteiger partial charge < -0.3 is 9.72 Å². The molecular weight excluding hydrogens is 330 g/mol. The van der Waals surface area contributed by atoms with E-state index in [2.05, 4.69) is 20.9 Å². The third kappa shape index (κ3) is 2.59. The standard InChI is InChI=1S/C17H14BrNO2/c1-21-16-8-3-2-5-11(16)9-15(20)12-10-19-14-7-4-6-13(18)17(12)14/h2-8,10,19H,9H2,1H3. The third-order valence-electron chi connectivity index (χ3n) is 3.50. The molecule has 0 aliphatic carbocycles. The Balaban J connectivity index is 1.98. The average molecular weight is 344 g/mol. The van der Waals surface area contributed by atoms with Crippen molar-refractivity contribution in [1.82, 2.24) is 4.98 Å². The normalized spacial score (nSPS) is 10.8. The van der Waals surface area contributed by atoms with Gasteiger partial charge in [0.15, 0.2) is 5.78 Å². The predicted molar refractivity (Wildman–Crippen MR) is 87.0 cm³/mol. The SMILES string of the molecule is COc1ccccc1CC(=O)c1c[nH]c2cccc(Br)c12. The number of methoxy groups -OCH3 is 1. The van der Waals surface area contributed by atoms with Crippen molar-refractivity contribution in [2.45, 2.75) is 6.42 Å². The number of nitrogens with one attached hydrogen (secondary N) is 1. The Morgan fingerprint density at radius 3 is 2.81 bits per heavy atom. The summed E-state index contributed by atoms with van der Waals surface area (Å²) in [6.07, 6.45) is 2.09. The van der Waals surface area contributed by atoms with Gasteiger partial charge in [-0.25, -0.2) is 0 Å². The maximum Gasteiger partial charge on any atom is 0.169 e. The first kappa shape index (κ1) is 13.9. The molecule has 3 nitrogen and oxygen atoms in total. The Morgan fingerprint density at radius 1 is 1.19 bits per heavy atom. The fraction of sp³-hybridized carbons (Fsp3) is 0.118. The van der Waals surface area contributed by atoms with Crippen molar-refractivity contribution in [3.05, 3.63) is 64.3 Å². The molecule has 4 heteroatoms. The first-order valence-electron chi connectivity index (χ1n) is 6.61. The highest BCUT2D eigenvalue weighted by atomic mass is 79.9. The van der Waals surface area contributed by atoms with E-state index in [1.165, 1.54) is 0 Å². The molecule has 1 aromatic heterocycles. The largest absolute Gasteiger partial charge is 0.496 e. The number of hydrogen-bond acceptors (Lipinski definition) is 2. The molecule has 3 rings (SSSR count). The zero-order valence-corrected chi connectivity index (χ0v) is 13.1. The minimum absolute atomic E-state index is 0.0673. The number of aromatic nitrogens is 1. The van der Waals surface area contributed by atoms with Crippen molar-refractivity contribution in [2.24, 2.45) is 0 Å². The van der Waals surface area contributed by atoms with E-state index in [9.17, 15) is 4.79 Å². The van der Waals surface area contributed by atoms with Crippen LogP contribution in [-0.2, 0) is 6.42 Å². The molecule has 0 atom stereocenters. The van der Waals surface area contributed by atoms with Crippen LogP contribution in [0.15, 0.2) is 53.1 Å². The second kappa shape index (κ2) is 5.74. The molecule has 0 bridgehead atoms. The lowest BCUT2D eigenvalue weighted by Crippen LogP contribution is -2.04. The van der Waals surface area contributed by atoms with E-state index in [4.69, 9.17) is 4.74 Å². The summed E-state index contributed by atoms with van der Waals surface area (Å²) in [4.78, 5) is 15.8. The highest BCUT2D eigenvalue weighted by Crippen LogP contribution is 2.28. The van der Waals surface area contributed by atoms with Crippen LogP contribution >= 0.6 is 15.9 Å². The van der Waals surface area contributed by atoms with E-state index in [1.54, 1.807) is 13.3 Å². The number of hydrogen-bond donors (Lipinski definition) is 1. The summed E-state index contributed by atoms with van der Waals surface area (Å²) < 4.78 is 6.23. The lowest BCUT2D eigenvalue weighted by Gasteiger charge is -2.07. The summed E-state index contributed by atoms with van der Waals surface area (Å²) in [5.74, 6) is 0.808. The van der Waals surface area contributed by atoms with E-state index < -0.39 is 0 Å². The molecule has 2 aromatic carbocycles. The van der Waals surface area contributed by atoms with Crippen LogP contribution in [0.2, 0.25) is 0 Å². The molecule has 0 saturated carbocycles. The van der Waals surface area contributed by atoms with Crippen LogP contribution in [0, 0.1) is 0 Å². The molecule has 0 amide bonds. The molecule has 0 unspecified atom stereocenters. The number of rotatable bonds is 4. The molecule has 0 radical (unpaired) electrons. The van der Waals surface area contributed by atoms with Gasteiger partial charge in [0.1, 0.15) is 5.75 Å². The molecule has 21 heavy (non-hydrogen) atoms. The number of ether oxygens (including phenoxy) is 1. The Kier molecular flexibility index (Phi) is 3.80. The van der Waals surface area contributed by atoms with Crippen LogP contribution in [0.25, 0.3) is 10.9 Å². The van der Waals surface area contributed by atoms with Crippen LogP contribution in [0.1, 0.15) is 15.9 Å². The quantitative estimate of drug-likeness (QED) is 0.715. The molecule has 0 aliphatic rings. The number of fused-ring (bicyclic) bond motifs is 1. The summed E-state index contributed by atoms with van der Waals surface area (Å²) in [7, 11) is 1.62. The van der Waals surface area contributed by atoms with Gasteiger partial charge in [-0.05, 0) is 18.2 Å². The smallest absolute Gasteiger partial charge is 0.169 e. The van der Waals surface area contributed by atoms with Crippen molar-refractivity contribution in [2.75, 3.05) is 7.11 Å². The lowest BCUT2D eigenvalue weighted by molar-refractivity contribution is 0.0993. The van der Waals surface area contributed by atoms with Crippen molar-refractivity contribution in [1.29, 1.82) is 0 Å². The number of ketones is 1. The van der Waals surface area contributed by atoms with E-state index >= 15 is 0 Å². The van der Waals surface area contributed by atoms with Gasteiger partial charge >= 0.3 is 0 Å². The molecule has 3 aromatic rings. The zero-order chi connectivity index (χ0) is 14.8. The minimum Gasteiger partial charge on any atom is -0.496 e. The molecule has 1 heterocycles. The Hall–Kier alpha value is -2.07. The maximum atomic E-state index is 12.6. The highest BCUT2D eigenvalue weighted by molar-refractivity contribution is 9.10. The van der Waals surface area contributed by atoms with Gasteiger partial charge in [-0.1, -0.05) is 40.2 Å². The summed E-state index contributed by atoms with van der Waals surface area (Å²) in [6.45, 7) is 0. The maximum absolute atomic E-state index is 12.6. The number of carbonyl (C=O) groups excluding carboxylic acids is 1. The highest BCUT2D eigenvalue weighted by Gasteiger charge is 2.16. The van der Waals surface area contributed by atoms with Gasteiger partial charge in [-0.3, -0.25) is 4.79 Å². The fourth-order valence-electron chi connectivity index (χ4n) is 2.48. The van der Waals surface area contributed by atoms with E-state index in [-0.39, 0.29) is 5.78 Å². The van der Waals surface area contributed by atoms with E-state index in [0.29, 0.717) is 12.0 Å². The van der Waals surface area contributed by atoms with Crippen molar-refractivity contribution >= 4 is 32.6 Å². The third-order valence-corrected chi connectivity index (χ3v) is 4.16. The van der Waals surface area contributed by atoms with Crippen LogP contribution in [0.3, 0.4) is 0 Å². The second-order valence-electron chi connectivity index (χ2n) is 4.78. The first-order chi connectivity index (χ1) is 10.2. The Labute approximate surface area is 131 Å². The Morgan fingerprint density at radius 2 is 2.00 bits per heavy atom. The molecule has 0 aliphatic heterocycles. The topological polar surface area (TPSA) is 42.1 Å². The number of aromatic amines is 1. The summed E-state index contributed by atoms with van der Waals surface area (Å²) in [5, 5.41) is 0.928. The van der Waals surface area contributed by atoms with Crippen LogP contribution in [0.5, 0.6) is 5.75 Å². The van der Waals surface area contributed by atoms with Gasteiger partial charge in [0.2, 0.25) is 0 Å². The van der Waals surface area contributed by atoms with Gasteiger partial charge in [0, 0.05) is 39.1 Å². The van der Waals surface area contributed by atoms with Crippen molar-refractivity contribution in [3.63, 3.8) is 0 Å². The van der Waals surface area contributed by atoms with E-state index in [0.717, 1.165) is 26.7 Å². The second-order valence-corrected chi connectivity index (χ2v) is 5.63. The van der Waals surface area contributed by atoms with Crippen LogP contribution < -0.4 is 4.74 Å². The summed E-state index contributed by atoms with van der Waals surface area (Å²) in [5.41, 5.74) is 2.54. The van der Waals surface area contributed by atoms with Gasteiger partial charge in [0.25, 0.3) is 0 Å². The Bertz CT molecular complexity index is 807. The number of halogens is 1. The molecule has 106 valence electrons. The molecular formula is C17H14BrNO2. The monoisotopic (exact) mass is 343 g/mol. The molecule has 0 saturated heterocycles. The van der Waals surface area contributed by atoms with Crippen molar-refractivity contribution in [3.8, 4) is 5.75 Å². The predicted octanol–water partition coefficient (Wildman–Crippen LogP) is 4.36. The van der Waals surface area contributed by atoms with E-state index in [1.807, 2.05) is 42.5 Å². The summed E-state index contributed by atoms with van der Waals surface area (Å²) >= 11 is 3.51. The average Bonchev–Trinajstić information content (AvgIpc) is 2.93. The number of para-hydroxylation sites is 1. The van der Waals surface area contributed by atoms with Gasteiger partial charge in [-0.15, -0.1) is 0 Å². The zero-order valence-electron chi connectivity index (χ0n) is 11.5. The van der Waals surface area contributed by atoms with Crippen molar-refractivity contribution < 1.29 is 9.53 Å². The number of carbonyl (C=O) groups is 1. The molecule has 1 N–H and O–H groups in total. The minimum atomic E-state index is 0.0673. The fourth-order valence-corrected chi connectivity index (χ4v) is 3.06.